The van der Waals surface area contributed by atoms with Gasteiger partial charge in [0.15, 0.2) is 6.61 Å². The van der Waals surface area contributed by atoms with Gasteiger partial charge in [0.2, 0.25) is 0 Å². The van der Waals surface area contributed by atoms with Crippen molar-refractivity contribution in [1.29, 1.82) is 0 Å². The molecule has 114 valence electrons. The Hall–Kier alpha value is -1.75. The Kier molecular flexibility index (Phi) is 4.29. The smallest absolute Gasteiger partial charge is 0.262 e. The van der Waals surface area contributed by atoms with Crippen LogP contribution in [0.15, 0.2) is 18.2 Å². The van der Waals surface area contributed by atoms with E-state index >= 15 is 0 Å². The molecule has 1 unspecified atom stereocenters. The minimum atomic E-state index is -0.0901. The van der Waals surface area contributed by atoms with Gasteiger partial charge >= 0.3 is 0 Å². The van der Waals surface area contributed by atoms with E-state index in [-0.39, 0.29) is 12.5 Å². The van der Waals surface area contributed by atoms with Gasteiger partial charge in [0, 0.05) is 18.3 Å². The average molecular weight is 289 g/mol. The number of benzene rings is 1. The molecule has 1 amide bonds. The van der Waals surface area contributed by atoms with E-state index in [0.717, 1.165) is 36.6 Å². The summed E-state index contributed by atoms with van der Waals surface area (Å²) in [5, 5.41) is 6.45. The van der Waals surface area contributed by atoms with E-state index in [4.69, 9.17) is 4.74 Å². The van der Waals surface area contributed by atoms with Crippen LogP contribution in [0.1, 0.15) is 26.2 Å². The molecule has 5 nitrogen and oxygen atoms in total. The fourth-order valence-corrected chi connectivity index (χ4v) is 3.03. The maximum atomic E-state index is 11.4. The van der Waals surface area contributed by atoms with Crippen LogP contribution in [0.2, 0.25) is 0 Å². The van der Waals surface area contributed by atoms with Gasteiger partial charge in [-0.25, -0.2) is 0 Å². The summed E-state index contributed by atoms with van der Waals surface area (Å²) in [5.41, 5.74) is 1.81. The van der Waals surface area contributed by atoms with E-state index in [2.05, 4.69) is 22.5 Å². The average Bonchev–Trinajstić information content (AvgIpc) is 2.72. The van der Waals surface area contributed by atoms with E-state index in [9.17, 15) is 4.79 Å². The number of hydrogen-bond acceptors (Lipinski definition) is 4. The molecule has 2 aliphatic heterocycles. The van der Waals surface area contributed by atoms with Gasteiger partial charge in [0.05, 0.1) is 5.69 Å². The van der Waals surface area contributed by atoms with Crippen LogP contribution >= 0.6 is 0 Å². The van der Waals surface area contributed by atoms with Gasteiger partial charge in [-0.1, -0.05) is 6.92 Å². The zero-order chi connectivity index (χ0) is 14.7. The Morgan fingerprint density at radius 2 is 2.29 bits per heavy atom. The molecule has 1 aromatic rings. The Balaban J connectivity index is 1.65. The van der Waals surface area contributed by atoms with Crippen molar-refractivity contribution in [2.24, 2.45) is 0 Å². The molecule has 21 heavy (non-hydrogen) atoms. The fourth-order valence-electron chi connectivity index (χ4n) is 3.03. The van der Waals surface area contributed by atoms with Crippen molar-refractivity contribution in [2.45, 2.75) is 32.2 Å². The molecule has 5 heteroatoms. The molecule has 0 saturated carbocycles. The van der Waals surface area contributed by atoms with Crippen LogP contribution in [0.25, 0.3) is 0 Å². The molecule has 2 heterocycles. The molecule has 1 aromatic carbocycles. The number of likely N-dealkylation sites (tertiary alicyclic amines) is 1. The molecule has 2 aliphatic rings. The molecule has 0 radical (unpaired) electrons. The van der Waals surface area contributed by atoms with Crippen LogP contribution in [0.3, 0.4) is 0 Å². The number of anilines is 2. The third-order valence-corrected chi connectivity index (χ3v) is 4.25. The van der Waals surface area contributed by atoms with Crippen molar-refractivity contribution in [3.63, 3.8) is 0 Å². The number of nitrogens with one attached hydrogen (secondary N) is 2. The second-order valence-corrected chi connectivity index (χ2v) is 5.75. The minimum absolute atomic E-state index is 0.0901. The summed E-state index contributed by atoms with van der Waals surface area (Å²) in [6.07, 6.45) is 3.58. The van der Waals surface area contributed by atoms with Gasteiger partial charge in [-0.3, -0.25) is 4.79 Å². The molecule has 1 saturated heterocycles. The molecule has 0 bridgehead atoms. The third-order valence-electron chi connectivity index (χ3n) is 4.25. The Morgan fingerprint density at radius 3 is 3.14 bits per heavy atom. The first-order chi connectivity index (χ1) is 10.2. The normalized spacial score (nSPS) is 22.7. The standard InChI is InChI=1S/C16H23N3O2/c1-2-19-8-3-4-12(7-9-19)17-13-5-6-15-14(10-13)18-16(20)11-21-15/h5-6,10,12,17H,2-4,7-9,11H2,1H3,(H,18,20). The first-order valence-corrected chi connectivity index (χ1v) is 7.80. The highest BCUT2D eigenvalue weighted by atomic mass is 16.5. The van der Waals surface area contributed by atoms with Crippen molar-refractivity contribution in [3.05, 3.63) is 18.2 Å². The van der Waals surface area contributed by atoms with Crippen LogP contribution in [-0.2, 0) is 4.79 Å². The van der Waals surface area contributed by atoms with Crippen molar-refractivity contribution in [2.75, 3.05) is 36.9 Å². The van der Waals surface area contributed by atoms with E-state index in [1.165, 1.54) is 19.4 Å². The first-order valence-electron chi connectivity index (χ1n) is 7.80. The monoisotopic (exact) mass is 289 g/mol. The Morgan fingerprint density at radius 1 is 1.38 bits per heavy atom. The lowest BCUT2D eigenvalue weighted by molar-refractivity contribution is -0.118. The molecule has 3 rings (SSSR count). The van der Waals surface area contributed by atoms with Gasteiger partial charge < -0.3 is 20.3 Å². The molecular weight excluding hydrogens is 266 g/mol. The SMILES string of the molecule is CCN1CCCC(Nc2ccc3c(c2)NC(=O)CO3)CC1. The maximum absolute atomic E-state index is 11.4. The first kappa shape index (κ1) is 14.2. The zero-order valence-corrected chi connectivity index (χ0v) is 12.5. The zero-order valence-electron chi connectivity index (χ0n) is 12.5. The summed E-state index contributed by atoms with van der Waals surface area (Å²) in [5.74, 6) is 0.658. The number of carbonyl (C=O) groups excluding carboxylic acids is 1. The van der Waals surface area contributed by atoms with Gasteiger partial charge in [-0.05, 0) is 50.6 Å². The molecule has 0 spiro atoms. The number of rotatable bonds is 3. The molecule has 1 fully saturated rings. The van der Waals surface area contributed by atoms with Gasteiger partial charge in [-0.2, -0.15) is 0 Å². The number of carbonyl (C=O) groups is 1. The van der Waals surface area contributed by atoms with Gasteiger partial charge in [0.1, 0.15) is 5.75 Å². The van der Waals surface area contributed by atoms with E-state index in [1.807, 2.05) is 18.2 Å². The molecule has 2 N–H and O–H groups in total. The maximum Gasteiger partial charge on any atom is 0.262 e. The van der Waals surface area contributed by atoms with Crippen LogP contribution in [0, 0.1) is 0 Å². The summed E-state index contributed by atoms with van der Waals surface area (Å²) in [6, 6.07) is 6.42. The number of nitrogens with zero attached hydrogens (tertiary/aromatic N) is 1. The number of amides is 1. The summed E-state index contributed by atoms with van der Waals surface area (Å²) in [7, 11) is 0. The number of ether oxygens (including phenoxy) is 1. The predicted octanol–water partition coefficient (Wildman–Crippen LogP) is 2.30. The van der Waals surface area contributed by atoms with E-state index in [0.29, 0.717) is 6.04 Å². The lowest BCUT2D eigenvalue weighted by Gasteiger charge is -2.22. The van der Waals surface area contributed by atoms with Crippen LogP contribution in [-0.4, -0.2) is 43.1 Å². The van der Waals surface area contributed by atoms with Crippen molar-refractivity contribution >= 4 is 17.3 Å². The predicted molar refractivity (Wildman–Crippen MR) is 83.9 cm³/mol. The van der Waals surface area contributed by atoms with E-state index in [1.54, 1.807) is 0 Å². The summed E-state index contributed by atoms with van der Waals surface area (Å²) >= 11 is 0. The molecule has 0 aromatic heterocycles. The fraction of sp³-hybridized carbons (Fsp3) is 0.562. The third kappa shape index (κ3) is 3.47. The highest BCUT2D eigenvalue weighted by Gasteiger charge is 2.18. The Bertz CT molecular complexity index is 518. The van der Waals surface area contributed by atoms with Crippen molar-refractivity contribution < 1.29 is 9.53 Å². The van der Waals surface area contributed by atoms with Crippen LogP contribution in [0.4, 0.5) is 11.4 Å². The summed E-state index contributed by atoms with van der Waals surface area (Å²) in [4.78, 5) is 13.9. The number of hydrogen-bond donors (Lipinski definition) is 2. The minimum Gasteiger partial charge on any atom is -0.482 e. The highest BCUT2D eigenvalue weighted by molar-refractivity contribution is 5.96. The van der Waals surface area contributed by atoms with Crippen molar-refractivity contribution in [3.8, 4) is 5.75 Å². The molecule has 1 atom stereocenters. The second-order valence-electron chi connectivity index (χ2n) is 5.75. The topological polar surface area (TPSA) is 53.6 Å². The highest BCUT2D eigenvalue weighted by Crippen LogP contribution is 2.31. The quantitative estimate of drug-likeness (QED) is 0.896. The number of fused-ring (bicyclic) bond motifs is 1. The van der Waals surface area contributed by atoms with E-state index < -0.39 is 0 Å². The molecular formula is C16H23N3O2. The molecule has 0 aliphatic carbocycles. The summed E-state index contributed by atoms with van der Waals surface area (Å²) in [6.45, 7) is 5.81. The summed E-state index contributed by atoms with van der Waals surface area (Å²) < 4.78 is 5.38. The second kappa shape index (κ2) is 6.35. The van der Waals surface area contributed by atoms with Crippen molar-refractivity contribution in [1.82, 2.24) is 4.90 Å². The Labute approximate surface area is 125 Å². The lowest BCUT2D eigenvalue weighted by Crippen LogP contribution is -2.27. The lowest BCUT2D eigenvalue weighted by atomic mass is 10.1. The largest absolute Gasteiger partial charge is 0.482 e. The van der Waals surface area contributed by atoms with Crippen LogP contribution in [0.5, 0.6) is 5.75 Å². The van der Waals surface area contributed by atoms with Gasteiger partial charge in [0.25, 0.3) is 5.91 Å². The van der Waals surface area contributed by atoms with Gasteiger partial charge in [-0.15, -0.1) is 0 Å². The van der Waals surface area contributed by atoms with Crippen LogP contribution < -0.4 is 15.4 Å².